The second kappa shape index (κ2) is 10.6. The van der Waals surface area contributed by atoms with E-state index in [1.54, 1.807) is 23.6 Å². The topological polar surface area (TPSA) is 69.6 Å². The maximum Gasteiger partial charge on any atom is 0.251 e. The SMILES string of the molecule is C=C(C=O)C/C(O)=C/C(=O)N1CCC(=C)C[C@H]1N[C@@H]1c2ccccc2SCc2c1ccc(F)c2C. The summed E-state index contributed by atoms with van der Waals surface area (Å²) in [5.74, 6) is -0.124. The average molecular weight is 493 g/mol. The summed E-state index contributed by atoms with van der Waals surface area (Å²) in [6, 6.07) is 11.2. The van der Waals surface area contributed by atoms with Gasteiger partial charge in [-0.3, -0.25) is 14.9 Å². The van der Waals surface area contributed by atoms with Crippen molar-refractivity contribution < 1.29 is 19.1 Å². The number of piperidine rings is 1. The summed E-state index contributed by atoms with van der Waals surface area (Å²) in [5, 5.41) is 13.9. The van der Waals surface area contributed by atoms with Gasteiger partial charge in [0.15, 0.2) is 0 Å². The van der Waals surface area contributed by atoms with E-state index in [4.69, 9.17) is 0 Å². The van der Waals surface area contributed by atoms with Crippen molar-refractivity contribution in [3.63, 3.8) is 0 Å². The summed E-state index contributed by atoms with van der Waals surface area (Å²) in [5.41, 5.74) is 4.89. The van der Waals surface area contributed by atoms with Crippen molar-refractivity contribution in [3.8, 4) is 0 Å². The molecule has 2 aliphatic heterocycles. The third-order valence-corrected chi connectivity index (χ3v) is 7.67. The highest BCUT2D eigenvalue weighted by Crippen LogP contribution is 2.41. The molecule has 1 amide bonds. The number of allylic oxidation sites excluding steroid dienone is 1. The molecule has 0 aromatic heterocycles. The number of halogens is 1. The third-order valence-electron chi connectivity index (χ3n) is 6.55. The molecule has 5 nitrogen and oxygen atoms in total. The summed E-state index contributed by atoms with van der Waals surface area (Å²) in [7, 11) is 0. The van der Waals surface area contributed by atoms with E-state index < -0.39 is 0 Å². The first-order valence-electron chi connectivity index (χ1n) is 11.5. The van der Waals surface area contributed by atoms with Crippen LogP contribution in [0.2, 0.25) is 0 Å². The van der Waals surface area contributed by atoms with Crippen LogP contribution in [0.1, 0.15) is 47.6 Å². The van der Waals surface area contributed by atoms with Gasteiger partial charge in [-0.05, 0) is 53.3 Å². The minimum absolute atomic E-state index is 0.0701. The van der Waals surface area contributed by atoms with Crippen LogP contribution in [0.25, 0.3) is 0 Å². The number of carbonyl (C=O) groups is 2. The molecule has 2 heterocycles. The van der Waals surface area contributed by atoms with Crippen LogP contribution in [0.5, 0.6) is 0 Å². The maximum absolute atomic E-state index is 14.5. The number of hydrogen-bond donors (Lipinski definition) is 2. The number of likely N-dealkylation sites (tertiary alicyclic amines) is 1. The first-order chi connectivity index (χ1) is 16.8. The zero-order valence-corrected chi connectivity index (χ0v) is 20.5. The molecule has 1 fully saturated rings. The van der Waals surface area contributed by atoms with Crippen LogP contribution in [-0.2, 0) is 15.3 Å². The first-order valence-corrected chi connectivity index (χ1v) is 12.5. The second-order valence-corrected chi connectivity index (χ2v) is 10.0. The highest BCUT2D eigenvalue weighted by atomic mass is 32.2. The number of aliphatic hydroxyl groups excluding tert-OH is 1. The van der Waals surface area contributed by atoms with Crippen LogP contribution in [0.4, 0.5) is 4.39 Å². The molecule has 0 saturated carbocycles. The number of amides is 1. The number of aliphatic hydroxyl groups is 1. The fourth-order valence-corrected chi connectivity index (χ4v) is 5.85. The molecule has 4 rings (SSSR count). The molecule has 2 aliphatic rings. The molecule has 2 atom stereocenters. The minimum atomic E-state index is -0.374. The van der Waals surface area contributed by atoms with Gasteiger partial charge in [0.2, 0.25) is 0 Å². The Morgan fingerprint density at radius 3 is 2.83 bits per heavy atom. The van der Waals surface area contributed by atoms with Gasteiger partial charge in [0.1, 0.15) is 17.9 Å². The summed E-state index contributed by atoms with van der Waals surface area (Å²) >= 11 is 1.68. The van der Waals surface area contributed by atoms with E-state index in [9.17, 15) is 19.1 Å². The van der Waals surface area contributed by atoms with Crippen molar-refractivity contribution in [2.75, 3.05) is 6.54 Å². The molecule has 182 valence electrons. The van der Waals surface area contributed by atoms with Crippen molar-refractivity contribution in [2.24, 2.45) is 0 Å². The zero-order valence-electron chi connectivity index (χ0n) is 19.7. The van der Waals surface area contributed by atoms with Gasteiger partial charge >= 0.3 is 0 Å². The lowest BCUT2D eigenvalue weighted by atomic mass is 9.91. The Morgan fingerprint density at radius 2 is 2.06 bits per heavy atom. The van der Waals surface area contributed by atoms with Crippen molar-refractivity contribution in [2.45, 2.75) is 49.0 Å². The second-order valence-electron chi connectivity index (χ2n) is 9.01. The number of carbonyl (C=O) groups excluding carboxylic acids is 2. The van der Waals surface area contributed by atoms with Crippen LogP contribution in [0.3, 0.4) is 0 Å². The van der Waals surface area contributed by atoms with Crippen molar-refractivity contribution in [3.05, 3.63) is 101 Å². The molecule has 7 heteroatoms. The quantitative estimate of drug-likeness (QED) is 0.241. The highest BCUT2D eigenvalue weighted by Gasteiger charge is 2.33. The molecule has 0 spiro atoms. The van der Waals surface area contributed by atoms with E-state index in [0.717, 1.165) is 33.2 Å². The van der Waals surface area contributed by atoms with Crippen LogP contribution in [0.15, 0.2) is 77.4 Å². The number of aldehydes is 1. The van der Waals surface area contributed by atoms with Gasteiger partial charge in [0.05, 0.1) is 12.2 Å². The smallest absolute Gasteiger partial charge is 0.251 e. The standard InChI is InChI=1S/C28H29FN2O3S/c1-17-10-11-31(27(34)14-20(33)12-18(2)15-32)26(13-17)30-28-21-8-9-24(29)19(3)23(21)16-35-25-7-5-4-6-22(25)28/h4-9,14-15,26,28,30,33H,1-2,10-13,16H2,3H3/b20-14-/t26-,28-/m0/s1. The molecule has 0 bridgehead atoms. The molecule has 0 aliphatic carbocycles. The van der Waals surface area contributed by atoms with Gasteiger partial charge in [-0.2, -0.15) is 0 Å². The normalized spacial score (nSPS) is 20.0. The summed E-state index contributed by atoms with van der Waals surface area (Å²) in [4.78, 5) is 26.8. The number of hydrogen-bond acceptors (Lipinski definition) is 5. The minimum Gasteiger partial charge on any atom is -0.512 e. The van der Waals surface area contributed by atoms with Crippen molar-refractivity contribution in [1.29, 1.82) is 0 Å². The Hall–Kier alpha value is -3.16. The number of rotatable bonds is 6. The molecule has 35 heavy (non-hydrogen) atoms. The Balaban J connectivity index is 1.70. The highest BCUT2D eigenvalue weighted by molar-refractivity contribution is 7.98. The van der Waals surface area contributed by atoms with Crippen LogP contribution < -0.4 is 5.32 Å². The van der Waals surface area contributed by atoms with E-state index in [2.05, 4.69) is 30.6 Å². The first kappa shape index (κ1) is 24.9. The molecule has 0 unspecified atom stereocenters. The lowest BCUT2D eigenvalue weighted by Gasteiger charge is -2.39. The molecule has 2 aromatic carbocycles. The van der Waals surface area contributed by atoms with Crippen molar-refractivity contribution >= 4 is 24.0 Å². The van der Waals surface area contributed by atoms with E-state index in [0.29, 0.717) is 37.0 Å². The average Bonchev–Trinajstić information content (AvgIpc) is 2.99. The van der Waals surface area contributed by atoms with Crippen LogP contribution >= 0.6 is 11.8 Å². The van der Waals surface area contributed by atoms with Crippen LogP contribution in [0, 0.1) is 12.7 Å². The fourth-order valence-electron chi connectivity index (χ4n) is 4.63. The van der Waals surface area contributed by atoms with E-state index in [1.807, 2.05) is 18.2 Å². The van der Waals surface area contributed by atoms with Gasteiger partial charge in [-0.15, -0.1) is 11.8 Å². The zero-order chi connectivity index (χ0) is 25.1. The molecule has 0 radical (unpaired) electrons. The monoisotopic (exact) mass is 492 g/mol. The predicted octanol–water partition coefficient (Wildman–Crippen LogP) is 5.51. The fraction of sp³-hybridized carbons (Fsp3) is 0.286. The van der Waals surface area contributed by atoms with Gasteiger partial charge in [0, 0.05) is 36.1 Å². The maximum atomic E-state index is 14.5. The molecule has 2 N–H and O–H groups in total. The number of fused-ring (bicyclic) bond motifs is 2. The van der Waals surface area contributed by atoms with E-state index in [1.165, 1.54) is 6.07 Å². The van der Waals surface area contributed by atoms with Gasteiger partial charge in [-0.1, -0.05) is 43.0 Å². The lowest BCUT2D eigenvalue weighted by molar-refractivity contribution is -0.130. The summed E-state index contributed by atoms with van der Waals surface area (Å²) < 4.78 is 14.5. The van der Waals surface area contributed by atoms with Crippen molar-refractivity contribution in [1.82, 2.24) is 10.2 Å². The van der Waals surface area contributed by atoms with Gasteiger partial charge in [0.25, 0.3) is 5.91 Å². The summed E-state index contributed by atoms with van der Waals surface area (Å²) in [6.07, 6.45) is 2.50. The Bertz CT molecular complexity index is 1220. The number of thioether (sulfide) groups is 1. The number of nitrogens with one attached hydrogen (secondary N) is 1. The molecular weight excluding hydrogens is 463 g/mol. The third kappa shape index (κ3) is 5.41. The largest absolute Gasteiger partial charge is 0.512 e. The molecule has 2 aromatic rings. The van der Waals surface area contributed by atoms with E-state index in [-0.39, 0.29) is 41.7 Å². The Kier molecular flexibility index (Phi) is 7.57. The van der Waals surface area contributed by atoms with E-state index >= 15 is 0 Å². The lowest BCUT2D eigenvalue weighted by Crippen LogP contribution is -2.52. The van der Waals surface area contributed by atoms with Crippen LogP contribution in [-0.4, -0.2) is 34.9 Å². The Morgan fingerprint density at radius 1 is 1.29 bits per heavy atom. The number of benzene rings is 2. The van der Waals surface area contributed by atoms with Gasteiger partial charge < -0.3 is 10.0 Å². The molecular formula is C28H29FN2O3S. The van der Waals surface area contributed by atoms with Gasteiger partial charge in [-0.25, -0.2) is 4.39 Å². The Labute approximate surface area is 209 Å². The predicted molar refractivity (Wildman–Crippen MR) is 137 cm³/mol. The summed E-state index contributed by atoms with van der Waals surface area (Å²) in [6.45, 7) is 9.96. The number of nitrogens with zero attached hydrogens (tertiary/aromatic N) is 1. The molecule has 1 saturated heterocycles.